The average Bonchev–Trinajstić information content (AvgIpc) is 3.25. The molecule has 172 valence electrons. The number of methoxy groups -OCH3 is 1. The number of fused-ring (bicyclic) bond motifs is 1. The third kappa shape index (κ3) is 4.84. The Morgan fingerprint density at radius 3 is 2.62 bits per heavy atom. The Morgan fingerprint density at radius 2 is 1.88 bits per heavy atom. The van der Waals surface area contributed by atoms with E-state index in [1.165, 1.54) is 10.9 Å². The molecule has 0 bridgehead atoms. The summed E-state index contributed by atoms with van der Waals surface area (Å²) in [6, 6.07) is 17.3. The minimum atomic E-state index is -0.231. The number of aromatic nitrogens is 3. The van der Waals surface area contributed by atoms with E-state index in [1.54, 1.807) is 7.11 Å². The fourth-order valence-electron chi connectivity index (χ4n) is 3.67. The molecule has 4 aromatic rings. The van der Waals surface area contributed by atoms with Crippen LogP contribution in [0.5, 0.6) is 11.5 Å². The Morgan fingerprint density at radius 1 is 1.12 bits per heavy atom. The summed E-state index contributed by atoms with van der Waals surface area (Å²) in [6.45, 7) is 4.39. The van der Waals surface area contributed by atoms with Crippen molar-refractivity contribution in [2.45, 2.75) is 26.7 Å². The molecule has 0 aliphatic heterocycles. The smallest absolute Gasteiger partial charge is 0.225 e. The molecule has 0 unspecified atom stereocenters. The molecule has 8 heteroatoms. The maximum atomic E-state index is 12.6. The van der Waals surface area contributed by atoms with Crippen LogP contribution in [0.15, 0.2) is 54.7 Å². The molecule has 0 aliphatic carbocycles. The largest absolute Gasteiger partial charge is 0.497 e. The first-order chi connectivity index (χ1) is 16.5. The van der Waals surface area contributed by atoms with E-state index in [9.17, 15) is 10.1 Å². The molecule has 1 N–H and O–H groups in total. The first-order valence-corrected chi connectivity index (χ1v) is 10.9. The number of carbonyl (C=O) groups excluding carboxylic acids is 1. The molecule has 34 heavy (non-hydrogen) atoms. The Bertz CT molecular complexity index is 1370. The van der Waals surface area contributed by atoms with Gasteiger partial charge in [0.15, 0.2) is 11.6 Å². The van der Waals surface area contributed by atoms with Crippen LogP contribution in [0.2, 0.25) is 0 Å². The molecule has 0 saturated carbocycles. The predicted molar refractivity (Wildman–Crippen MR) is 129 cm³/mol. The highest BCUT2D eigenvalue weighted by molar-refractivity contribution is 5.91. The van der Waals surface area contributed by atoms with Crippen molar-refractivity contribution in [3.05, 3.63) is 71.4 Å². The van der Waals surface area contributed by atoms with Crippen LogP contribution in [0.25, 0.3) is 16.7 Å². The molecule has 0 aliphatic rings. The highest BCUT2D eigenvalue weighted by atomic mass is 16.5. The van der Waals surface area contributed by atoms with Crippen molar-refractivity contribution >= 4 is 22.6 Å². The zero-order valence-corrected chi connectivity index (χ0v) is 19.3. The normalized spacial score (nSPS) is 10.6. The quantitative estimate of drug-likeness (QED) is 0.386. The van der Waals surface area contributed by atoms with Crippen LogP contribution in [0.3, 0.4) is 0 Å². The molecular weight excluding hydrogens is 430 g/mol. The third-order valence-corrected chi connectivity index (χ3v) is 5.48. The van der Waals surface area contributed by atoms with Crippen molar-refractivity contribution in [1.82, 2.24) is 14.8 Å². The summed E-state index contributed by atoms with van der Waals surface area (Å²) >= 11 is 0. The molecule has 0 radical (unpaired) electrons. The molecule has 4 rings (SSSR count). The van der Waals surface area contributed by atoms with Gasteiger partial charge in [0.1, 0.15) is 23.1 Å². The maximum absolute atomic E-state index is 12.6. The van der Waals surface area contributed by atoms with E-state index in [4.69, 9.17) is 14.5 Å². The minimum absolute atomic E-state index is 0.231. The van der Waals surface area contributed by atoms with Crippen LogP contribution in [0.1, 0.15) is 29.5 Å². The van der Waals surface area contributed by atoms with Crippen molar-refractivity contribution in [1.29, 1.82) is 5.26 Å². The number of benzene rings is 2. The summed E-state index contributed by atoms with van der Waals surface area (Å²) in [7, 11) is 1.61. The van der Waals surface area contributed by atoms with Gasteiger partial charge >= 0.3 is 0 Å². The predicted octanol–water partition coefficient (Wildman–Crippen LogP) is 4.72. The number of ether oxygens (including phenoxy) is 2. The number of rotatable bonds is 8. The van der Waals surface area contributed by atoms with Gasteiger partial charge in [0.05, 0.1) is 25.4 Å². The number of para-hydroxylation sites is 1. The first kappa shape index (κ1) is 22.8. The van der Waals surface area contributed by atoms with E-state index in [1.807, 2.05) is 62.4 Å². The number of hydrogen-bond acceptors (Lipinski definition) is 6. The molecule has 0 saturated heterocycles. The summed E-state index contributed by atoms with van der Waals surface area (Å²) in [5.74, 6) is 2.08. The molecule has 0 atom stereocenters. The number of aryl methyl sites for hydroxylation is 2. The van der Waals surface area contributed by atoms with Crippen LogP contribution >= 0.6 is 0 Å². The first-order valence-electron chi connectivity index (χ1n) is 10.9. The number of nitriles is 1. The van der Waals surface area contributed by atoms with Crippen molar-refractivity contribution in [2.24, 2.45) is 0 Å². The number of hydrogen-bond donors (Lipinski definition) is 1. The van der Waals surface area contributed by atoms with Gasteiger partial charge in [-0.05, 0) is 61.7 Å². The molecule has 8 nitrogen and oxygen atoms in total. The van der Waals surface area contributed by atoms with Gasteiger partial charge in [-0.1, -0.05) is 18.2 Å². The topological polar surface area (TPSA) is 102 Å². The molecule has 1 amide bonds. The van der Waals surface area contributed by atoms with Crippen molar-refractivity contribution in [2.75, 3.05) is 19.0 Å². The highest BCUT2D eigenvalue weighted by Gasteiger charge is 2.17. The molecule has 0 spiro atoms. The number of nitrogens with one attached hydrogen (secondary N) is 1. The highest BCUT2D eigenvalue weighted by Crippen LogP contribution is 2.25. The van der Waals surface area contributed by atoms with Crippen LogP contribution < -0.4 is 14.8 Å². The SMILES string of the molecule is COc1ccc(OCCCC(=O)Nc2c(C#N)cnn2-c2cc(C)c3cccc(C)c3n2)cc1. The van der Waals surface area contributed by atoms with Gasteiger partial charge < -0.3 is 14.8 Å². The number of amides is 1. The third-order valence-electron chi connectivity index (χ3n) is 5.48. The maximum Gasteiger partial charge on any atom is 0.225 e. The Labute approximate surface area is 197 Å². The average molecular weight is 456 g/mol. The standard InChI is InChI=1S/C26H25N5O3/c1-17-6-4-7-22-18(2)14-23(29-25(17)22)31-26(19(15-27)16-28-31)30-24(32)8-5-13-34-21-11-9-20(33-3)10-12-21/h4,6-7,9-12,14,16H,5,8,13H2,1-3H3,(H,30,32). The van der Waals surface area contributed by atoms with E-state index in [0.29, 0.717) is 30.4 Å². The van der Waals surface area contributed by atoms with Gasteiger partial charge in [0.25, 0.3) is 0 Å². The van der Waals surface area contributed by atoms with Gasteiger partial charge in [-0.2, -0.15) is 15.0 Å². The summed E-state index contributed by atoms with van der Waals surface area (Å²) in [5, 5.41) is 17.7. The molecule has 2 aromatic heterocycles. The van der Waals surface area contributed by atoms with Gasteiger partial charge in [-0.15, -0.1) is 0 Å². The van der Waals surface area contributed by atoms with Crippen molar-refractivity contribution in [3.8, 4) is 23.4 Å². The summed E-state index contributed by atoms with van der Waals surface area (Å²) in [4.78, 5) is 17.4. The number of anilines is 1. The van der Waals surface area contributed by atoms with Gasteiger partial charge in [-0.3, -0.25) is 4.79 Å². The van der Waals surface area contributed by atoms with E-state index < -0.39 is 0 Å². The van der Waals surface area contributed by atoms with Crippen molar-refractivity contribution in [3.63, 3.8) is 0 Å². The lowest BCUT2D eigenvalue weighted by atomic mass is 10.1. The van der Waals surface area contributed by atoms with Gasteiger partial charge in [0.2, 0.25) is 5.91 Å². The second kappa shape index (κ2) is 10.0. The molecule has 2 aromatic carbocycles. The van der Waals surface area contributed by atoms with E-state index in [2.05, 4.69) is 16.5 Å². The van der Waals surface area contributed by atoms with Gasteiger partial charge in [-0.25, -0.2) is 4.98 Å². The number of nitrogens with zero attached hydrogens (tertiary/aromatic N) is 4. The number of carbonyl (C=O) groups is 1. The molecule has 0 fully saturated rings. The lowest BCUT2D eigenvalue weighted by Crippen LogP contribution is -2.17. The monoisotopic (exact) mass is 455 g/mol. The van der Waals surface area contributed by atoms with E-state index in [0.717, 1.165) is 27.8 Å². The lowest BCUT2D eigenvalue weighted by Gasteiger charge is -2.12. The Hall–Kier alpha value is -4.38. The summed E-state index contributed by atoms with van der Waals surface area (Å²) < 4.78 is 12.3. The van der Waals surface area contributed by atoms with E-state index in [-0.39, 0.29) is 17.9 Å². The van der Waals surface area contributed by atoms with Crippen LogP contribution in [-0.4, -0.2) is 34.4 Å². The summed E-state index contributed by atoms with van der Waals surface area (Å²) in [6.07, 6.45) is 2.18. The zero-order chi connectivity index (χ0) is 24.1. The minimum Gasteiger partial charge on any atom is -0.497 e. The molecular formula is C26H25N5O3. The lowest BCUT2D eigenvalue weighted by molar-refractivity contribution is -0.116. The zero-order valence-electron chi connectivity index (χ0n) is 19.3. The fraction of sp³-hybridized carbons (Fsp3) is 0.231. The second-order valence-electron chi connectivity index (χ2n) is 7.87. The van der Waals surface area contributed by atoms with Crippen molar-refractivity contribution < 1.29 is 14.3 Å². The van der Waals surface area contributed by atoms with Crippen LogP contribution in [-0.2, 0) is 4.79 Å². The van der Waals surface area contributed by atoms with Gasteiger partial charge in [0, 0.05) is 11.8 Å². The van der Waals surface area contributed by atoms with Crippen LogP contribution in [0.4, 0.5) is 5.82 Å². The number of pyridine rings is 1. The summed E-state index contributed by atoms with van der Waals surface area (Å²) in [5.41, 5.74) is 3.20. The second-order valence-corrected chi connectivity index (χ2v) is 7.87. The Kier molecular flexibility index (Phi) is 6.74. The molecule has 2 heterocycles. The van der Waals surface area contributed by atoms with Crippen LogP contribution in [0, 0.1) is 25.2 Å². The van der Waals surface area contributed by atoms with E-state index >= 15 is 0 Å². The fourth-order valence-corrected chi connectivity index (χ4v) is 3.67. The Balaban J connectivity index is 1.46.